The molecule has 0 aliphatic carbocycles. The Hall–Kier alpha value is -2.21. The summed E-state index contributed by atoms with van der Waals surface area (Å²) < 4.78 is 1.73. The van der Waals surface area contributed by atoms with E-state index in [0.717, 1.165) is 37.6 Å². The molecule has 2 saturated heterocycles. The minimum Gasteiger partial charge on any atom is -0.476 e. The van der Waals surface area contributed by atoms with Gasteiger partial charge in [0.2, 0.25) is 5.69 Å². The highest BCUT2D eigenvalue weighted by molar-refractivity contribution is 5.88. The van der Waals surface area contributed by atoms with Crippen molar-refractivity contribution in [3.8, 4) is 0 Å². The van der Waals surface area contributed by atoms with Crippen LogP contribution in [0, 0.1) is 5.41 Å². The second-order valence-corrected chi connectivity index (χ2v) is 10.9. The molecule has 2 aliphatic rings. The van der Waals surface area contributed by atoms with Gasteiger partial charge in [0, 0.05) is 23.7 Å². The number of carboxylic acid groups (broad SMARTS) is 1. The maximum Gasteiger partial charge on any atom is 0.360 e. The molecule has 1 N–H and O–H groups in total. The third-order valence-electron chi connectivity index (χ3n) is 6.73. The number of benzene rings is 1. The van der Waals surface area contributed by atoms with Crippen molar-refractivity contribution in [3.05, 3.63) is 40.3 Å². The summed E-state index contributed by atoms with van der Waals surface area (Å²) in [7, 11) is 0. The number of hydrogen-bond acceptors (Lipinski definition) is 4. The second kappa shape index (κ2) is 7.19. The first kappa shape index (κ1) is 21.0. The number of aromatic carboxylic acids is 1. The van der Waals surface area contributed by atoms with Crippen molar-refractivity contribution < 1.29 is 9.90 Å². The summed E-state index contributed by atoms with van der Waals surface area (Å²) in [6.07, 6.45) is 5.13. The van der Waals surface area contributed by atoms with Crippen LogP contribution in [0.4, 0.5) is 0 Å². The summed E-state index contributed by atoms with van der Waals surface area (Å²) in [5.74, 6) is -1.26. The quantitative estimate of drug-likeness (QED) is 0.803. The van der Waals surface area contributed by atoms with Crippen molar-refractivity contribution in [1.82, 2.24) is 14.5 Å². The summed E-state index contributed by atoms with van der Waals surface area (Å²) in [5, 5.41) is 9.54. The van der Waals surface area contributed by atoms with Crippen LogP contribution in [0.5, 0.6) is 0 Å². The van der Waals surface area contributed by atoms with Crippen LogP contribution in [0.3, 0.4) is 0 Å². The molecule has 0 spiro atoms. The Labute approximate surface area is 177 Å². The first-order chi connectivity index (χ1) is 14.0. The molecule has 30 heavy (non-hydrogen) atoms. The van der Waals surface area contributed by atoms with Crippen LogP contribution in [-0.4, -0.2) is 43.1 Å². The Kier molecular flexibility index (Phi) is 5.04. The van der Waals surface area contributed by atoms with Gasteiger partial charge in [-0.3, -0.25) is 9.69 Å². The van der Waals surface area contributed by atoms with Gasteiger partial charge in [0.15, 0.2) is 0 Å². The second-order valence-electron chi connectivity index (χ2n) is 10.9. The number of fused-ring (bicyclic) bond motifs is 3. The molecule has 1 unspecified atom stereocenters. The minimum atomic E-state index is -1.26. The molecule has 4 rings (SSSR count). The number of hydrogen-bond donors (Lipinski definition) is 1. The fraction of sp³-hybridized carbons (Fsp3) is 0.625. The number of aromatic nitrogens is 2. The van der Waals surface area contributed by atoms with Crippen molar-refractivity contribution in [2.75, 3.05) is 0 Å². The van der Waals surface area contributed by atoms with Crippen LogP contribution in [0.1, 0.15) is 83.3 Å². The van der Waals surface area contributed by atoms with Crippen molar-refractivity contribution in [2.45, 2.75) is 90.4 Å². The first-order valence-corrected chi connectivity index (χ1v) is 11.0. The molecule has 6 heteroatoms. The molecule has 2 bridgehead atoms. The number of carboxylic acids is 1. The fourth-order valence-electron chi connectivity index (χ4n) is 6.39. The zero-order valence-electron chi connectivity index (χ0n) is 18.7. The van der Waals surface area contributed by atoms with E-state index in [4.69, 9.17) is 0 Å². The largest absolute Gasteiger partial charge is 0.476 e. The Morgan fingerprint density at radius 2 is 1.67 bits per heavy atom. The molecule has 1 aromatic heterocycles. The van der Waals surface area contributed by atoms with Gasteiger partial charge in [0.25, 0.3) is 5.56 Å². The van der Waals surface area contributed by atoms with Crippen LogP contribution < -0.4 is 5.56 Å². The highest BCUT2D eigenvalue weighted by Gasteiger charge is 2.48. The predicted molar refractivity (Wildman–Crippen MR) is 118 cm³/mol. The van der Waals surface area contributed by atoms with Gasteiger partial charge in [-0.05, 0) is 63.5 Å². The van der Waals surface area contributed by atoms with E-state index in [1.165, 1.54) is 0 Å². The summed E-state index contributed by atoms with van der Waals surface area (Å²) in [4.78, 5) is 31.6. The molecule has 2 fully saturated rings. The predicted octanol–water partition coefficient (Wildman–Crippen LogP) is 4.48. The normalized spacial score (nSPS) is 25.0. The highest BCUT2D eigenvalue weighted by Crippen LogP contribution is 2.47. The molecule has 3 heterocycles. The highest BCUT2D eigenvalue weighted by atomic mass is 16.4. The summed E-state index contributed by atoms with van der Waals surface area (Å²) in [5.41, 5.74) is 0.780. The number of para-hydroxylation sites is 2. The van der Waals surface area contributed by atoms with E-state index in [0.29, 0.717) is 17.6 Å². The standard InChI is InChI=1S/C24H33N3O3/c1-23(2,3)14-24(4,5)27-15-10-11-16(27)13-17(12-15)26-19-9-7-6-8-18(19)25-20(21(26)28)22(29)30/h6-9,15-17H,10-14H2,1-5H3,(H,29,30)/t15-,16+,17?. The smallest absolute Gasteiger partial charge is 0.360 e. The topological polar surface area (TPSA) is 75.4 Å². The van der Waals surface area contributed by atoms with E-state index in [1.54, 1.807) is 10.6 Å². The average molecular weight is 412 g/mol. The maximum atomic E-state index is 13.1. The molecule has 0 amide bonds. The number of piperidine rings is 1. The molecule has 1 aromatic carbocycles. The molecule has 162 valence electrons. The number of rotatable bonds is 4. The van der Waals surface area contributed by atoms with Crippen LogP contribution in [0.25, 0.3) is 11.0 Å². The summed E-state index contributed by atoms with van der Waals surface area (Å²) >= 11 is 0. The molecular weight excluding hydrogens is 378 g/mol. The molecule has 3 atom stereocenters. The fourth-order valence-corrected chi connectivity index (χ4v) is 6.39. The molecular formula is C24H33N3O3. The van der Waals surface area contributed by atoms with Crippen LogP contribution in [-0.2, 0) is 0 Å². The average Bonchev–Trinajstić information content (AvgIpc) is 2.91. The SMILES string of the molecule is CC(C)(C)CC(C)(C)N1[C@@H]2CC[C@H]1CC(n1c(=O)c(C(=O)O)nc3ccccc31)C2. The van der Waals surface area contributed by atoms with Gasteiger partial charge in [-0.25, -0.2) is 9.78 Å². The van der Waals surface area contributed by atoms with Gasteiger partial charge >= 0.3 is 5.97 Å². The Balaban J connectivity index is 1.73. The van der Waals surface area contributed by atoms with Crippen LogP contribution in [0.2, 0.25) is 0 Å². The lowest BCUT2D eigenvalue weighted by Gasteiger charge is -2.50. The van der Waals surface area contributed by atoms with Gasteiger partial charge in [-0.1, -0.05) is 32.9 Å². The van der Waals surface area contributed by atoms with E-state index in [1.807, 2.05) is 18.2 Å². The van der Waals surface area contributed by atoms with Gasteiger partial charge < -0.3 is 9.67 Å². The third-order valence-corrected chi connectivity index (χ3v) is 6.73. The van der Waals surface area contributed by atoms with E-state index in [9.17, 15) is 14.7 Å². The van der Waals surface area contributed by atoms with Crippen LogP contribution >= 0.6 is 0 Å². The van der Waals surface area contributed by atoms with Gasteiger partial charge in [-0.2, -0.15) is 0 Å². The number of carbonyl (C=O) groups is 1. The summed E-state index contributed by atoms with van der Waals surface area (Å²) in [6.45, 7) is 11.6. The molecule has 0 radical (unpaired) electrons. The van der Waals surface area contributed by atoms with Gasteiger partial charge in [-0.15, -0.1) is 0 Å². The van der Waals surface area contributed by atoms with Crippen molar-refractivity contribution in [2.24, 2.45) is 5.41 Å². The lowest BCUT2D eigenvalue weighted by Crippen LogP contribution is -2.56. The molecule has 2 aromatic rings. The monoisotopic (exact) mass is 411 g/mol. The molecule has 2 aliphatic heterocycles. The van der Waals surface area contributed by atoms with E-state index < -0.39 is 11.5 Å². The third kappa shape index (κ3) is 3.66. The van der Waals surface area contributed by atoms with Crippen molar-refractivity contribution in [3.63, 3.8) is 0 Å². The molecule has 6 nitrogen and oxygen atoms in total. The van der Waals surface area contributed by atoms with Gasteiger partial charge in [0.1, 0.15) is 0 Å². The lowest BCUT2D eigenvalue weighted by atomic mass is 9.78. The van der Waals surface area contributed by atoms with Gasteiger partial charge in [0.05, 0.1) is 11.0 Å². The zero-order valence-corrected chi connectivity index (χ0v) is 18.7. The van der Waals surface area contributed by atoms with Crippen molar-refractivity contribution in [1.29, 1.82) is 0 Å². The molecule has 0 saturated carbocycles. The Morgan fingerprint density at radius 3 is 2.23 bits per heavy atom. The zero-order chi connectivity index (χ0) is 21.8. The van der Waals surface area contributed by atoms with E-state index in [2.05, 4.69) is 44.5 Å². The Morgan fingerprint density at radius 1 is 1.07 bits per heavy atom. The number of nitrogens with zero attached hydrogens (tertiary/aromatic N) is 3. The van der Waals surface area contributed by atoms with E-state index >= 15 is 0 Å². The lowest BCUT2D eigenvalue weighted by molar-refractivity contribution is -0.00665. The Bertz CT molecular complexity index is 1020. The van der Waals surface area contributed by atoms with Crippen molar-refractivity contribution >= 4 is 17.0 Å². The maximum absolute atomic E-state index is 13.1. The van der Waals surface area contributed by atoms with Crippen LogP contribution in [0.15, 0.2) is 29.1 Å². The minimum absolute atomic E-state index is 0.00249. The van der Waals surface area contributed by atoms with E-state index in [-0.39, 0.29) is 22.7 Å². The first-order valence-electron chi connectivity index (χ1n) is 11.0. The summed E-state index contributed by atoms with van der Waals surface area (Å²) in [6, 6.07) is 8.22.